The van der Waals surface area contributed by atoms with E-state index in [4.69, 9.17) is 0 Å². The highest BCUT2D eigenvalue weighted by atomic mass is 16.4. The molecule has 0 radical (unpaired) electrons. The maximum atomic E-state index is 12.4. The van der Waals surface area contributed by atoms with E-state index in [1.165, 1.54) is 0 Å². The number of ketones is 1. The maximum Gasteiger partial charge on any atom is 0.335 e. The molecule has 1 aliphatic carbocycles. The third-order valence-electron chi connectivity index (χ3n) is 4.64. The molecule has 1 N–H and O–H groups in total. The summed E-state index contributed by atoms with van der Waals surface area (Å²) in [4.78, 5) is 23.7. The lowest BCUT2D eigenvalue weighted by molar-refractivity contribution is 0.0696. The van der Waals surface area contributed by atoms with Gasteiger partial charge in [0.1, 0.15) is 0 Å². The molecule has 0 amide bonds. The third kappa shape index (κ3) is 2.66. The zero-order valence-corrected chi connectivity index (χ0v) is 13.6. The zero-order chi connectivity index (χ0) is 17.4. The third-order valence-corrected chi connectivity index (χ3v) is 4.64. The zero-order valence-electron chi connectivity index (χ0n) is 13.6. The second-order valence-electron chi connectivity index (χ2n) is 6.22. The van der Waals surface area contributed by atoms with Crippen LogP contribution in [0.25, 0.3) is 16.9 Å². The van der Waals surface area contributed by atoms with Gasteiger partial charge in [0.25, 0.3) is 0 Å². The largest absolute Gasteiger partial charge is 0.478 e. The number of rotatable bonds is 3. The number of carboxylic acids is 1. The molecule has 2 aromatic carbocycles. The Morgan fingerprint density at radius 1 is 0.960 bits per heavy atom. The predicted molar refractivity (Wildman–Crippen MR) is 95.4 cm³/mol. The summed E-state index contributed by atoms with van der Waals surface area (Å²) >= 11 is 0. The number of aromatic nitrogens is 1. The summed E-state index contributed by atoms with van der Waals surface area (Å²) in [5.74, 6) is -0.799. The number of Topliss-reactive ketones (excluding diaryl/α,β-unsaturated/α-hetero) is 1. The minimum atomic E-state index is -0.958. The number of benzene rings is 2. The Bertz CT molecular complexity index is 970. The topological polar surface area (TPSA) is 59.3 Å². The van der Waals surface area contributed by atoms with Crippen LogP contribution in [-0.4, -0.2) is 21.4 Å². The Hall–Kier alpha value is -3.14. The molecule has 0 atom stereocenters. The van der Waals surface area contributed by atoms with Crippen LogP contribution < -0.4 is 0 Å². The van der Waals surface area contributed by atoms with Gasteiger partial charge in [-0.1, -0.05) is 36.4 Å². The van der Waals surface area contributed by atoms with Gasteiger partial charge in [-0.25, -0.2) is 4.79 Å². The monoisotopic (exact) mass is 331 g/mol. The molecule has 3 aromatic rings. The molecule has 0 bridgehead atoms. The van der Waals surface area contributed by atoms with Crippen LogP contribution in [0.5, 0.6) is 0 Å². The maximum absolute atomic E-state index is 12.4. The minimum Gasteiger partial charge on any atom is -0.478 e. The van der Waals surface area contributed by atoms with E-state index in [-0.39, 0.29) is 11.3 Å². The smallest absolute Gasteiger partial charge is 0.335 e. The molecular weight excluding hydrogens is 314 g/mol. The minimum absolute atomic E-state index is 0.159. The van der Waals surface area contributed by atoms with Crippen molar-refractivity contribution in [3.05, 3.63) is 77.5 Å². The van der Waals surface area contributed by atoms with Gasteiger partial charge in [-0.2, -0.15) is 0 Å². The van der Waals surface area contributed by atoms with E-state index in [1.807, 2.05) is 47.0 Å². The van der Waals surface area contributed by atoms with E-state index < -0.39 is 5.97 Å². The summed E-state index contributed by atoms with van der Waals surface area (Å²) in [6.45, 7) is 0. The van der Waals surface area contributed by atoms with Crippen LogP contribution in [0.3, 0.4) is 0 Å². The van der Waals surface area contributed by atoms with Gasteiger partial charge >= 0.3 is 5.97 Å². The summed E-state index contributed by atoms with van der Waals surface area (Å²) in [5, 5.41) is 9.31. The lowest BCUT2D eigenvalue weighted by Gasteiger charge is -2.17. The fourth-order valence-electron chi connectivity index (χ4n) is 3.48. The summed E-state index contributed by atoms with van der Waals surface area (Å²) in [7, 11) is 0. The molecule has 0 spiro atoms. The van der Waals surface area contributed by atoms with E-state index in [9.17, 15) is 14.7 Å². The van der Waals surface area contributed by atoms with E-state index in [2.05, 4.69) is 0 Å². The Kier molecular flexibility index (Phi) is 3.73. The Labute approximate surface area is 145 Å². The molecule has 0 aliphatic heterocycles. The summed E-state index contributed by atoms with van der Waals surface area (Å²) in [6.07, 6.45) is 2.20. The molecule has 0 fully saturated rings. The van der Waals surface area contributed by atoms with E-state index in [0.717, 1.165) is 41.0 Å². The SMILES string of the molecule is O=C(O)c1cccc(-n2c(-c3ccccc3)cc3c2CCCC3=O)c1. The van der Waals surface area contributed by atoms with Crippen molar-refractivity contribution in [2.75, 3.05) is 0 Å². The molecule has 4 nitrogen and oxygen atoms in total. The van der Waals surface area contributed by atoms with Crippen LogP contribution >= 0.6 is 0 Å². The molecular formula is C21H17NO3. The molecule has 0 saturated heterocycles. The lowest BCUT2D eigenvalue weighted by atomic mass is 9.96. The normalized spacial score (nSPS) is 13.5. The first-order valence-corrected chi connectivity index (χ1v) is 8.32. The summed E-state index contributed by atoms with van der Waals surface area (Å²) in [6, 6.07) is 18.7. The molecule has 1 aliphatic rings. The second kappa shape index (κ2) is 6.06. The molecule has 4 heteroatoms. The van der Waals surface area contributed by atoms with Gasteiger partial charge in [-0.3, -0.25) is 4.79 Å². The molecule has 0 saturated carbocycles. The van der Waals surface area contributed by atoms with Crippen molar-refractivity contribution < 1.29 is 14.7 Å². The lowest BCUT2D eigenvalue weighted by Crippen LogP contribution is -2.13. The quantitative estimate of drug-likeness (QED) is 0.775. The number of aromatic carboxylic acids is 1. The molecule has 0 unspecified atom stereocenters. The molecule has 25 heavy (non-hydrogen) atoms. The Morgan fingerprint density at radius 3 is 2.52 bits per heavy atom. The van der Waals surface area contributed by atoms with E-state index >= 15 is 0 Å². The fourth-order valence-corrected chi connectivity index (χ4v) is 3.48. The van der Waals surface area contributed by atoms with Gasteiger partial charge < -0.3 is 9.67 Å². The van der Waals surface area contributed by atoms with Crippen LogP contribution in [-0.2, 0) is 6.42 Å². The van der Waals surface area contributed by atoms with Crippen molar-refractivity contribution in [2.24, 2.45) is 0 Å². The number of carbonyl (C=O) groups is 2. The highest BCUT2D eigenvalue weighted by Gasteiger charge is 2.25. The fraction of sp³-hybridized carbons (Fsp3) is 0.143. The van der Waals surface area contributed by atoms with Crippen LogP contribution in [0.2, 0.25) is 0 Å². The van der Waals surface area contributed by atoms with E-state index in [0.29, 0.717) is 6.42 Å². The number of fused-ring (bicyclic) bond motifs is 1. The van der Waals surface area contributed by atoms with Gasteiger partial charge in [0.15, 0.2) is 5.78 Å². The van der Waals surface area contributed by atoms with Crippen LogP contribution in [0.15, 0.2) is 60.7 Å². The van der Waals surface area contributed by atoms with Crippen LogP contribution in [0.4, 0.5) is 0 Å². The van der Waals surface area contributed by atoms with Gasteiger partial charge in [0, 0.05) is 23.4 Å². The van der Waals surface area contributed by atoms with Gasteiger partial charge in [0.05, 0.1) is 11.3 Å². The number of hydrogen-bond acceptors (Lipinski definition) is 2. The molecule has 124 valence electrons. The number of hydrogen-bond donors (Lipinski definition) is 1. The highest BCUT2D eigenvalue weighted by Crippen LogP contribution is 2.34. The molecule has 1 aromatic heterocycles. The van der Waals surface area contributed by atoms with Gasteiger partial charge in [-0.15, -0.1) is 0 Å². The summed E-state index contributed by atoms with van der Waals surface area (Å²) in [5.41, 5.74) is 4.66. The number of nitrogens with zero attached hydrogens (tertiary/aromatic N) is 1. The average molecular weight is 331 g/mol. The van der Waals surface area contributed by atoms with Crippen molar-refractivity contribution in [2.45, 2.75) is 19.3 Å². The predicted octanol–water partition coefficient (Wildman–Crippen LogP) is 4.36. The first-order chi connectivity index (χ1) is 12.1. The standard InChI is InChI=1S/C21H17NO3/c23-20-11-5-10-18-17(20)13-19(14-6-2-1-3-7-14)22(18)16-9-4-8-15(12-16)21(24)25/h1-4,6-9,12-13H,5,10-11H2,(H,24,25). The van der Waals surface area contributed by atoms with Gasteiger partial charge in [0.2, 0.25) is 0 Å². The van der Waals surface area contributed by atoms with Gasteiger partial charge in [-0.05, 0) is 42.7 Å². The average Bonchev–Trinajstić information content (AvgIpc) is 3.03. The van der Waals surface area contributed by atoms with Crippen molar-refractivity contribution in [3.63, 3.8) is 0 Å². The highest BCUT2D eigenvalue weighted by molar-refractivity contribution is 6.00. The van der Waals surface area contributed by atoms with Crippen molar-refractivity contribution in [1.82, 2.24) is 4.57 Å². The molecule has 1 heterocycles. The Balaban J connectivity index is 1.99. The van der Waals surface area contributed by atoms with Crippen LogP contribution in [0, 0.1) is 0 Å². The summed E-state index contributed by atoms with van der Waals surface area (Å²) < 4.78 is 2.04. The number of carboxylic acid groups (broad SMARTS) is 1. The molecule has 4 rings (SSSR count). The Morgan fingerprint density at radius 2 is 1.76 bits per heavy atom. The van der Waals surface area contributed by atoms with Crippen molar-refractivity contribution in [1.29, 1.82) is 0 Å². The van der Waals surface area contributed by atoms with Crippen LogP contribution in [0.1, 0.15) is 39.3 Å². The van der Waals surface area contributed by atoms with E-state index in [1.54, 1.807) is 18.2 Å². The van der Waals surface area contributed by atoms with Crippen molar-refractivity contribution in [3.8, 4) is 16.9 Å². The second-order valence-corrected chi connectivity index (χ2v) is 6.22. The first kappa shape index (κ1) is 15.4. The number of carbonyl (C=O) groups excluding carboxylic acids is 1. The first-order valence-electron chi connectivity index (χ1n) is 8.32. The van der Waals surface area contributed by atoms with Crippen molar-refractivity contribution >= 4 is 11.8 Å².